The van der Waals surface area contributed by atoms with Gasteiger partial charge >= 0.3 is 13.0 Å². The highest BCUT2D eigenvalue weighted by Gasteiger charge is 2.33. The molecule has 176 valence electrons. The zero-order valence-electron chi connectivity index (χ0n) is 16.8. The van der Waals surface area contributed by atoms with Crippen LogP contribution in [0.25, 0.3) is 0 Å². The zero-order chi connectivity index (χ0) is 23.5. The number of rotatable bonds is 7. The Morgan fingerprint density at radius 1 is 1.03 bits per heavy atom. The molecule has 0 aromatic heterocycles. The first kappa shape index (κ1) is 23.9. The third-order valence-corrected chi connectivity index (χ3v) is 6.00. The van der Waals surface area contributed by atoms with Gasteiger partial charge in [0.25, 0.3) is 10.0 Å². The second-order valence-corrected chi connectivity index (χ2v) is 8.66. The van der Waals surface area contributed by atoms with Crippen LogP contribution in [0.5, 0.6) is 11.5 Å². The van der Waals surface area contributed by atoms with E-state index in [0.717, 1.165) is 18.2 Å². The van der Waals surface area contributed by atoms with Crippen LogP contribution < -0.4 is 19.1 Å². The van der Waals surface area contributed by atoms with Crippen molar-refractivity contribution in [2.45, 2.75) is 17.9 Å². The van der Waals surface area contributed by atoms with Crippen molar-refractivity contribution >= 4 is 21.4 Å². The van der Waals surface area contributed by atoms with Crippen LogP contribution in [-0.2, 0) is 10.0 Å². The van der Waals surface area contributed by atoms with E-state index in [4.69, 9.17) is 0 Å². The Labute approximate surface area is 181 Å². The van der Waals surface area contributed by atoms with Gasteiger partial charge in [-0.3, -0.25) is 4.72 Å². The minimum absolute atomic E-state index is 0.0198. The van der Waals surface area contributed by atoms with E-state index >= 15 is 0 Å². The lowest BCUT2D eigenvalue weighted by Gasteiger charge is -2.35. The van der Waals surface area contributed by atoms with E-state index < -0.39 is 28.7 Å². The molecule has 3 rings (SSSR count). The SMILES string of the molecule is CN1CCN(c2cc(NS(=O)(=O)c3cccc(OC(F)F)c3)ccc2OC(F)(F)F)CC1. The molecule has 2 aromatic rings. The van der Waals surface area contributed by atoms with Gasteiger partial charge in [-0.05, 0) is 37.4 Å². The van der Waals surface area contributed by atoms with E-state index in [-0.39, 0.29) is 22.0 Å². The van der Waals surface area contributed by atoms with Crippen LogP contribution in [0.15, 0.2) is 47.4 Å². The molecule has 0 spiro atoms. The molecule has 1 aliphatic heterocycles. The molecule has 13 heteroatoms. The summed E-state index contributed by atoms with van der Waals surface area (Å²) in [5, 5.41) is 0. The van der Waals surface area contributed by atoms with E-state index in [2.05, 4.69) is 14.2 Å². The summed E-state index contributed by atoms with van der Waals surface area (Å²) in [6.45, 7) is -1.12. The van der Waals surface area contributed by atoms with Gasteiger partial charge in [-0.1, -0.05) is 6.07 Å². The molecule has 0 radical (unpaired) electrons. The number of alkyl halides is 5. The first-order valence-electron chi connectivity index (χ1n) is 9.34. The number of hydrogen-bond acceptors (Lipinski definition) is 6. The molecule has 0 amide bonds. The highest BCUT2D eigenvalue weighted by atomic mass is 32.2. The van der Waals surface area contributed by atoms with E-state index in [1.165, 1.54) is 24.3 Å². The van der Waals surface area contributed by atoms with Crippen LogP contribution in [0.3, 0.4) is 0 Å². The first-order chi connectivity index (χ1) is 14.9. The molecule has 2 aromatic carbocycles. The molecule has 32 heavy (non-hydrogen) atoms. The number of piperazine rings is 1. The van der Waals surface area contributed by atoms with Gasteiger partial charge in [0.1, 0.15) is 5.75 Å². The average Bonchev–Trinajstić information content (AvgIpc) is 2.68. The Balaban J connectivity index is 1.90. The fraction of sp³-hybridized carbons (Fsp3) is 0.368. The van der Waals surface area contributed by atoms with Crippen LogP contribution in [-0.4, -0.2) is 59.5 Å². The van der Waals surface area contributed by atoms with Gasteiger partial charge in [0.15, 0.2) is 5.75 Å². The third kappa shape index (κ3) is 6.36. The van der Waals surface area contributed by atoms with Crippen molar-refractivity contribution < 1.29 is 39.8 Å². The molecular weight excluding hydrogens is 461 g/mol. The first-order valence-corrected chi connectivity index (χ1v) is 10.8. The van der Waals surface area contributed by atoms with Crippen molar-refractivity contribution in [1.82, 2.24) is 4.90 Å². The summed E-state index contributed by atoms with van der Waals surface area (Å²) in [5.41, 5.74) is 0.0547. The fourth-order valence-electron chi connectivity index (χ4n) is 3.12. The summed E-state index contributed by atoms with van der Waals surface area (Å²) in [6, 6.07) is 7.86. The van der Waals surface area contributed by atoms with Crippen molar-refractivity contribution in [3.8, 4) is 11.5 Å². The number of benzene rings is 2. The van der Waals surface area contributed by atoms with Gasteiger partial charge in [0, 0.05) is 32.2 Å². The van der Waals surface area contributed by atoms with Crippen LogP contribution in [0, 0.1) is 0 Å². The third-order valence-electron chi connectivity index (χ3n) is 4.62. The van der Waals surface area contributed by atoms with Gasteiger partial charge in [0.2, 0.25) is 0 Å². The summed E-state index contributed by atoms with van der Waals surface area (Å²) in [7, 11) is -2.36. The van der Waals surface area contributed by atoms with Gasteiger partial charge < -0.3 is 19.3 Å². The molecule has 0 saturated carbocycles. The normalized spacial score (nSPS) is 15.7. The van der Waals surface area contributed by atoms with E-state index in [0.29, 0.717) is 26.2 Å². The maximum absolute atomic E-state index is 12.8. The Hall–Kier alpha value is -2.80. The van der Waals surface area contributed by atoms with Crippen LogP contribution in [0.1, 0.15) is 0 Å². The number of likely N-dealkylation sites (N-methyl/N-ethyl adjacent to an activating group) is 1. The quantitative estimate of drug-likeness (QED) is 0.608. The summed E-state index contributed by atoms with van der Waals surface area (Å²) in [4.78, 5) is 3.31. The predicted molar refractivity (Wildman–Crippen MR) is 107 cm³/mol. The van der Waals surface area contributed by atoms with Gasteiger partial charge in [-0.25, -0.2) is 8.42 Å². The number of hydrogen-bond donors (Lipinski definition) is 1. The Kier molecular flexibility index (Phi) is 6.98. The van der Waals surface area contributed by atoms with Crippen LogP contribution in [0.4, 0.5) is 33.3 Å². The highest BCUT2D eigenvalue weighted by molar-refractivity contribution is 7.92. The number of nitrogens with one attached hydrogen (secondary N) is 1. The Bertz CT molecular complexity index is 1040. The number of nitrogens with zero attached hydrogens (tertiary/aromatic N) is 2. The van der Waals surface area contributed by atoms with Crippen molar-refractivity contribution in [3.63, 3.8) is 0 Å². The van der Waals surface area contributed by atoms with Crippen LogP contribution in [0.2, 0.25) is 0 Å². The summed E-state index contributed by atoms with van der Waals surface area (Å²) >= 11 is 0. The molecule has 0 aliphatic carbocycles. The van der Waals surface area contributed by atoms with Gasteiger partial charge in [-0.15, -0.1) is 13.2 Å². The lowest BCUT2D eigenvalue weighted by molar-refractivity contribution is -0.274. The Morgan fingerprint density at radius 3 is 2.34 bits per heavy atom. The van der Waals surface area contributed by atoms with E-state index in [1.807, 2.05) is 11.9 Å². The zero-order valence-corrected chi connectivity index (χ0v) is 17.6. The minimum Gasteiger partial charge on any atom is -0.435 e. The standard InChI is InChI=1S/C19H20F5N3O4S/c1-26-7-9-27(10-8-26)16-11-13(5-6-17(16)31-19(22,23)24)25-32(28,29)15-4-2-3-14(12-15)30-18(20)21/h2-6,11-12,18,25H,7-10H2,1H3. The van der Waals surface area contributed by atoms with Crippen molar-refractivity contribution in [1.29, 1.82) is 0 Å². The lowest BCUT2D eigenvalue weighted by Crippen LogP contribution is -2.44. The monoisotopic (exact) mass is 481 g/mol. The largest absolute Gasteiger partial charge is 0.573 e. The molecule has 1 heterocycles. The lowest BCUT2D eigenvalue weighted by atomic mass is 10.2. The maximum Gasteiger partial charge on any atom is 0.573 e. The predicted octanol–water partition coefficient (Wildman–Crippen LogP) is 3.74. The number of ether oxygens (including phenoxy) is 2. The minimum atomic E-state index is -4.92. The number of anilines is 2. The summed E-state index contributed by atoms with van der Waals surface area (Å²) in [5.74, 6) is -0.813. The topological polar surface area (TPSA) is 71.1 Å². The molecule has 7 nitrogen and oxygen atoms in total. The summed E-state index contributed by atoms with van der Waals surface area (Å²) < 4.78 is 99.3. The van der Waals surface area contributed by atoms with Gasteiger partial charge in [-0.2, -0.15) is 8.78 Å². The second kappa shape index (κ2) is 9.36. The molecule has 1 N–H and O–H groups in total. The second-order valence-electron chi connectivity index (χ2n) is 6.98. The molecule has 0 unspecified atom stereocenters. The van der Waals surface area contributed by atoms with E-state index in [1.54, 1.807) is 4.90 Å². The van der Waals surface area contributed by atoms with Crippen molar-refractivity contribution in [2.24, 2.45) is 0 Å². The molecule has 0 bridgehead atoms. The summed E-state index contributed by atoms with van der Waals surface area (Å²) in [6.07, 6.45) is -4.92. The van der Waals surface area contributed by atoms with Crippen molar-refractivity contribution in [2.75, 3.05) is 42.8 Å². The molecule has 1 fully saturated rings. The van der Waals surface area contributed by atoms with Gasteiger partial charge in [0.05, 0.1) is 16.3 Å². The Morgan fingerprint density at radius 2 is 1.72 bits per heavy atom. The molecule has 1 aliphatic rings. The maximum atomic E-state index is 12.8. The number of sulfonamides is 1. The molecular formula is C19H20F5N3O4S. The van der Waals surface area contributed by atoms with E-state index in [9.17, 15) is 30.4 Å². The fourth-order valence-corrected chi connectivity index (χ4v) is 4.20. The number of halogens is 5. The van der Waals surface area contributed by atoms with Crippen LogP contribution >= 0.6 is 0 Å². The highest BCUT2D eigenvalue weighted by Crippen LogP contribution is 2.36. The average molecular weight is 481 g/mol. The smallest absolute Gasteiger partial charge is 0.435 e. The molecule has 0 atom stereocenters. The van der Waals surface area contributed by atoms with Crippen molar-refractivity contribution in [3.05, 3.63) is 42.5 Å². The molecule has 1 saturated heterocycles.